The number of rotatable bonds is 9. The molecule has 1 N–H and O–H groups in total. The molecule has 1 aliphatic rings. The molecule has 1 saturated carbocycles. The molecule has 0 bridgehead atoms. The molecule has 1 aromatic heterocycles. The summed E-state index contributed by atoms with van der Waals surface area (Å²) < 4.78 is 13.6. The van der Waals surface area contributed by atoms with E-state index in [9.17, 15) is 9.59 Å². The fourth-order valence-electron chi connectivity index (χ4n) is 3.47. The van der Waals surface area contributed by atoms with Crippen molar-refractivity contribution >= 4 is 12.0 Å². The Balaban J connectivity index is 1.39. The molecule has 0 saturated heterocycles. The van der Waals surface area contributed by atoms with Crippen LogP contribution in [-0.2, 0) is 11.3 Å². The van der Waals surface area contributed by atoms with Gasteiger partial charge in [0.15, 0.2) is 11.5 Å². The lowest BCUT2D eigenvalue weighted by atomic mass is 10.2. The Kier molecular flexibility index (Phi) is 6.39. The molecule has 0 spiro atoms. The molecule has 0 atom stereocenters. The third-order valence-corrected chi connectivity index (χ3v) is 5.28. The average Bonchev–Trinajstić information content (AvgIpc) is 3.62. The van der Waals surface area contributed by atoms with E-state index in [4.69, 9.17) is 9.47 Å². The molecule has 1 amide bonds. The van der Waals surface area contributed by atoms with Crippen LogP contribution in [0.5, 0.6) is 11.5 Å². The summed E-state index contributed by atoms with van der Waals surface area (Å²) in [7, 11) is 3.14. The fourth-order valence-corrected chi connectivity index (χ4v) is 3.47. The fraction of sp³-hybridized carbons (Fsp3) is 0.292. The second kappa shape index (κ2) is 9.55. The molecule has 1 fully saturated rings. The Morgan fingerprint density at radius 2 is 1.88 bits per heavy atom. The average molecular weight is 434 g/mol. The first-order valence-corrected chi connectivity index (χ1v) is 10.5. The molecule has 2 aromatic carbocycles. The van der Waals surface area contributed by atoms with Crippen LogP contribution in [0.1, 0.15) is 30.1 Å². The van der Waals surface area contributed by atoms with E-state index in [-0.39, 0.29) is 11.6 Å². The van der Waals surface area contributed by atoms with E-state index in [2.05, 4.69) is 10.4 Å². The van der Waals surface area contributed by atoms with Crippen LogP contribution >= 0.6 is 0 Å². The van der Waals surface area contributed by atoms with Gasteiger partial charge in [-0.3, -0.25) is 4.79 Å². The van der Waals surface area contributed by atoms with Crippen molar-refractivity contribution in [2.45, 2.75) is 25.3 Å². The van der Waals surface area contributed by atoms with E-state index in [0.29, 0.717) is 30.5 Å². The Morgan fingerprint density at radius 3 is 2.56 bits per heavy atom. The maximum atomic E-state index is 12.9. The zero-order valence-electron chi connectivity index (χ0n) is 18.2. The van der Waals surface area contributed by atoms with Crippen molar-refractivity contribution in [3.8, 4) is 17.2 Å². The number of nitrogens with zero attached hydrogens (tertiary/aromatic N) is 3. The van der Waals surface area contributed by atoms with Gasteiger partial charge in [0, 0.05) is 18.5 Å². The number of amides is 1. The van der Waals surface area contributed by atoms with Crippen LogP contribution in [0.3, 0.4) is 0 Å². The zero-order chi connectivity index (χ0) is 22.5. The van der Waals surface area contributed by atoms with E-state index < -0.39 is 0 Å². The van der Waals surface area contributed by atoms with Crippen molar-refractivity contribution in [1.82, 2.24) is 19.7 Å². The van der Waals surface area contributed by atoms with Gasteiger partial charge >= 0.3 is 5.69 Å². The van der Waals surface area contributed by atoms with E-state index in [1.54, 1.807) is 37.0 Å². The van der Waals surface area contributed by atoms with Gasteiger partial charge in [-0.1, -0.05) is 24.3 Å². The van der Waals surface area contributed by atoms with Crippen LogP contribution < -0.4 is 20.5 Å². The molecule has 0 aliphatic heterocycles. The molecule has 3 aromatic rings. The minimum atomic E-state index is -0.252. The zero-order valence-corrected chi connectivity index (χ0v) is 18.2. The van der Waals surface area contributed by atoms with Crippen molar-refractivity contribution in [3.63, 3.8) is 0 Å². The molecule has 1 heterocycles. The number of hydrogen-bond acceptors (Lipinski definition) is 5. The van der Waals surface area contributed by atoms with E-state index in [0.717, 1.165) is 29.9 Å². The molecule has 166 valence electrons. The van der Waals surface area contributed by atoms with Crippen molar-refractivity contribution in [2.75, 3.05) is 20.8 Å². The number of para-hydroxylation sites is 1. The van der Waals surface area contributed by atoms with Gasteiger partial charge in [0.1, 0.15) is 5.82 Å². The third-order valence-electron chi connectivity index (χ3n) is 5.28. The first-order valence-electron chi connectivity index (χ1n) is 10.5. The standard InChI is InChI=1S/C24H26N4O4/c1-31-20-12-8-17(16-21(20)32-2)9-13-22(29)25-14-15-27-24(30)28(19-6-4-3-5-7-19)23(26-27)18-10-11-18/h3-9,12-13,16,18H,10-11,14-15H2,1-2H3,(H,25,29). The Hall–Kier alpha value is -3.81. The first-order chi connectivity index (χ1) is 15.6. The van der Waals surface area contributed by atoms with Gasteiger partial charge < -0.3 is 14.8 Å². The lowest BCUT2D eigenvalue weighted by Crippen LogP contribution is -2.31. The van der Waals surface area contributed by atoms with Crippen LogP contribution in [-0.4, -0.2) is 41.0 Å². The topological polar surface area (TPSA) is 87.4 Å². The highest BCUT2D eigenvalue weighted by molar-refractivity contribution is 5.91. The minimum Gasteiger partial charge on any atom is -0.493 e. The van der Waals surface area contributed by atoms with Crippen molar-refractivity contribution in [3.05, 3.63) is 76.5 Å². The first kappa shape index (κ1) is 21.4. The highest BCUT2D eigenvalue weighted by atomic mass is 16.5. The predicted octanol–water partition coefficient (Wildman–Crippen LogP) is 2.76. The van der Waals surface area contributed by atoms with Gasteiger partial charge in [0.05, 0.1) is 26.5 Å². The van der Waals surface area contributed by atoms with Crippen LogP contribution in [0.25, 0.3) is 11.8 Å². The number of hydrogen-bond donors (Lipinski definition) is 1. The molecule has 1 aliphatic carbocycles. The van der Waals surface area contributed by atoms with Crippen molar-refractivity contribution in [2.24, 2.45) is 0 Å². The van der Waals surface area contributed by atoms with Crippen LogP contribution in [0, 0.1) is 0 Å². The number of carbonyl (C=O) groups is 1. The summed E-state index contributed by atoms with van der Waals surface area (Å²) >= 11 is 0. The Bertz CT molecular complexity index is 1180. The monoisotopic (exact) mass is 434 g/mol. The molecule has 32 heavy (non-hydrogen) atoms. The molecule has 8 nitrogen and oxygen atoms in total. The number of aromatic nitrogens is 3. The lowest BCUT2D eigenvalue weighted by molar-refractivity contribution is -0.116. The third kappa shape index (κ3) is 4.74. The van der Waals surface area contributed by atoms with Gasteiger partial charge in [-0.2, -0.15) is 5.10 Å². The largest absolute Gasteiger partial charge is 0.493 e. The SMILES string of the molecule is COc1ccc(C=CC(=O)NCCn2nc(C3CC3)n(-c3ccccc3)c2=O)cc1OC. The molecule has 8 heteroatoms. The smallest absolute Gasteiger partial charge is 0.350 e. The Labute approximate surface area is 186 Å². The summed E-state index contributed by atoms with van der Waals surface area (Å²) in [6.07, 6.45) is 5.23. The van der Waals surface area contributed by atoms with Gasteiger partial charge in [-0.05, 0) is 48.7 Å². The number of methoxy groups -OCH3 is 2. The van der Waals surface area contributed by atoms with Gasteiger partial charge in [-0.15, -0.1) is 0 Å². The lowest BCUT2D eigenvalue weighted by Gasteiger charge is -2.07. The van der Waals surface area contributed by atoms with Crippen LogP contribution in [0.2, 0.25) is 0 Å². The highest BCUT2D eigenvalue weighted by Crippen LogP contribution is 2.39. The van der Waals surface area contributed by atoms with Crippen LogP contribution in [0.4, 0.5) is 0 Å². The van der Waals surface area contributed by atoms with E-state index in [1.165, 1.54) is 10.8 Å². The van der Waals surface area contributed by atoms with E-state index >= 15 is 0 Å². The van der Waals surface area contributed by atoms with Gasteiger partial charge in [0.25, 0.3) is 0 Å². The molecule has 0 radical (unpaired) electrons. The number of ether oxygens (including phenoxy) is 2. The van der Waals surface area contributed by atoms with Gasteiger partial charge in [0.2, 0.25) is 5.91 Å². The predicted molar refractivity (Wildman–Crippen MR) is 121 cm³/mol. The maximum Gasteiger partial charge on any atom is 0.350 e. The maximum absolute atomic E-state index is 12.9. The summed E-state index contributed by atoms with van der Waals surface area (Å²) in [4.78, 5) is 25.2. The summed E-state index contributed by atoms with van der Waals surface area (Å²) in [5, 5.41) is 7.35. The van der Waals surface area contributed by atoms with Crippen molar-refractivity contribution in [1.29, 1.82) is 0 Å². The number of benzene rings is 2. The van der Waals surface area contributed by atoms with E-state index in [1.807, 2.05) is 36.4 Å². The summed E-state index contributed by atoms with van der Waals surface area (Å²) in [5.74, 6) is 2.08. The number of nitrogens with one attached hydrogen (secondary N) is 1. The molecule has 0 unspecified atom stereocenters. The summed E-state index contributed by atoms with van der Waals surface area (Å²) in [6.45, 7) is 0.596. The molecule has 4 rings (SSSR count). The minimum absolute atomic E-state index is 0.187. The molecular formula is C24H26N4O4. The summed E-state index contributed by atoms with van der Waals surface area (Å²) in [6, 6.07) is 14.9. The Morgan fingerprint density at radius 1 is 1.12 bits per heavy atom. The number of carbonyl (C=O) groups excluding carboxylic acids is 1. The summed E-state index contributed by atoms with van der Waals surface area (Å²) in [5.41, 5.74) is 1.44. The van der Waals surface area contributed by atoms with Crippen LogP contribution in [0.15, 0.2) is 59.4 Å². The normalized spacial score (nSPS) is 13.3. The highest BCUT2D eigenvalue weighted by Gasteiger charge is 2.31. The molecular weight excluding hydrogens is 408 g/mol. The van der Waals surface area contributed by atoms with Gasteiger partial charge in [-0.25, -0.2) is 14.0 Å². The van der Waals surface area contributed by atoms with Crippen molar-refractivity contribution < 1.29 is 14.3 Å². The quantitative estimate of drug-likeness (QED) is 0.524. The second-order valence-corrected chi connectivity index (χ2v) is 7.55. The second-order valence-electron chi connectivity index (χ2n) is 7.55.